The van der Waals surface area contributed by atoms with E-state index in [1.54, 1.807) is 18.4 Å². The lowest BCUT2D eigenvalue weighted by Crippen LogP contribution is -2.30. The molecule has 0 fully saturated rings. The van der Waals surface area contributed by atoms with E-state index < -0.39 is 0 Å². The van der Waals surface area contributed by atoms with Gasteiger partial charge in [-0.15, -0.1) is 11.3 Å². The van der Waals surface area contributed by atoms with Crippen molar-refractivity contribution in [1.82, 2.24) is 4.98 Å². The molecule has 5 heteroatoms. The van der Waals surface area contributed by atoms with Crippen molar-refractivity contribution in [3.63, 3.8) is 0 Å². The van der Waals surface area contributed by atoms with Crippen molar-refractivity contribution in [3.05, 3.63) is 22.7 Å². The van der Waals surface area contributed by atoms with E-state index in [9.17, 15) is 0 Å². The molecule has 1 aromatic heterocycles. The first-order valence-electron chi connectivity index (χ1n) is 5.90. The highest BCUT2D eigenvalue weighted by molar-refractivity contribution is 7.16. The predicted molar refractivity (Wildman–Crippen MR) is 78.8 cm³/mol. The summed E-state index contributed by atoms with van der Waals surface area (Å²) in [5.41, 5.74) is 3.69. The summed E-state index contributed by atoms with van der Waals surface area (Å²) in [5.74, 6) is 0.454. The molecule has 0 aliphatic rings. The second kappa shape index (κ2) is 5.87. The number of aromatic nitrogens is 1. The molecule has 3 nitrogen and oxygen atoms in total. The highest BCUT2D eigenvalue weighted by Gasteiger charge is 2.17. The van der Waals surface area contributed by atoms with Crippen LogP contribution < -0.4 is 5.32 Å². The number of hydrogen-bond donors (Lipinski definition) is 1. The normalized spacial score (nSPS) is 13.2. The molecule has 0 radical (unpaired) electrons. The van der Waals surface area contributed by atoms with Crippen molar-refractivity contribution in [2.75, 3.05) is 19.0 Å². The average molecular weight is 285 g/mol. The summed E-state index contributed by atoms with van der Waals surface area (Å²) < 4.78 is 6.39. The standard InChI is InChI=1S/C13H17ClN2OS/c1-8(2)10(6-17-3)16-12-9(14)4-5-11-13(12)15-7-18-11/h4-5,7-8,10,16H,6H2,1-3H3. The minimum absolute atomic E-state index is 0.222. The SMILES string of the molecule is COCC(Nc1c(Cl)ccc2scnc12)C(C)C. The number of fused-ring (bicyclic) bond motifs is 1. The zero-order chi connectivity index (χ0) is 13.1. The summed E-state index contributed by atoms with van der Waals surface area (Å²) in [5, 5.41) is 4.17. The smallest absolute Gasteiger partial charge is 0.106 e. The molecular formula is C13H17ClN2OS. The first-order chi connectivity index (χ1) is 8.63. The summed E-state index contributed by atoms with van der Waals surface area (Å²) in [4.78, 5) is 4.38. The molecule has 1 atom stereocenters. The van der Waals surface area contributed by atoms with E-state index in [0.29, 0.717) is 17.5 Å². The van der Waals surface area contributed by atoms with Gasteiger partial charge in [-0.1, -0.05) is 25.4 Å². The maximum Gasteiger partial charge on any atom is 0.106 e. The molecule has 1 aromatic carbocycles. The van der Waals surface area contributed by atoms with E-state index in [2.05, 4.69) is 24.1 Å². The third-order valence-electron chi connectivity index (χ3n) is 2.93. The Morgan fingerprint density at radius 1 is 1.44 bits per heavy atom. The fourth-order valence-electron chi connectivity index (χ4n) is 1.81. The number of rotatable bonds is 5. The van der Waals surface area contributed by atoms with Gasteiger partial charge in [0, 0.05) is 7.11 Å². The van der Waals surface area contributed by atoms with Gasteiger partial charge >= 0.3 is 0 Å². The third-order valence-corrected chi connectivity index (χ3v) is 4.04. The molecule has 0 aliphatic heterocycles. The Hall–Kier alpha value is -0.840. The molecule has 0 bridgehead atoms. The molecule has 0 aliphatic carbocycles. The quantitative estimate of drug-likeness (QED) is 0.900. The van der Waals surface area contributed by atoms with Crippen molar-refractivity contribution in [2.24, 2.45) is 5.92 Å². The lowest BCUT2D eigenvalue weighted by molar-refractivity contribution is 0.171. The van der Waals surface area contributed by atoms with Crippen molar-refractivity contribution in [3.8, 4) is 0 Å². The van der Waals surface area contributed by atoms with Gasteiger partial charge in [0.2, 0.25) is 0 Å². The largest absolute Gasteiger partial charge is 0.383 e. The molecule has 1 unspecified atom stereocenters. The number of nitrogens with zero attached hydrogens (tertiary/aromatic N) is 1. The van der Waals surface area contributed by atoms with Gasteiger partial charge < -0.3 is 10.1 Å². The van der Waals surface area contributed by atoms with Crippen LogP contribution in [0.2, 0.25) is 5.02 Å². The lowest BCUT2D eigenvalue weighted by atomic mass is 10.0. The Morgan fingerprint density at radius 3 is 2.89 bits per heavy atom. The molecule has 0 amide bonds. The van der Waals surface area contributed by atoms with Crippen molar-refractivity contribution >= 4 is 38.8 Å². The van der Waals surface area contributed by atoms with Crippen LogP contribution in [0.5, 0.6) is 0 Å². The topological polar surface area (TPSA) is 34.1 Å². The molecule has 98 valence electrons. The van der Waals surface area contributed by atoms with Crippen LogP contribution in [0.15, 0.2) is 17.6 Å². The Balaban J connectivity index is 2.34. The van der Waals surface area contributed by atoms with Gasteiger partial charge in [0.05, 0.1) is 33.6 Å². The fourth-order valence-corrected chi connectivity index (χ4v) is 2.70. The molecule has 0 saturated carbocycles. The van der Waals surface area contributed by atoms with Crippen molar-refractivity contribution < 1.29 is 4.74 Å². The minimum Gasteiger partial charge on any atom is -0.383 e. The molecule has 18 heavy (non-hydrogen) atoms. The van der Waals surface area contributed by atoms with Gasteiger partial charge in [0.1, 0.15) is 5.52 Å². The minimum atomic E-state index is 0.222. The number of anilines is 1. The number of nitrogens with one attached hydrogen (secondary N) is 1. The monoisotopic (exact) mass is 284 g/mol. The van der Waals surface area contributed by atoms with E-state index >= 15 is 0 Å². The summed E-state index contributed by atoms with van der Waals surface area (Å²) in [6.07, 6.45) is 0. The third kappa shape index (κ3) is 2.76. The molecule has 2 rings (SSSR count). The highest BCUT2D eigenvalue weighted by Crippen LogP contribution is 2.33. The van der Waals surface area contributed by atoms with Gasteiger partial charge in [0.25, 0.3) is 0 Å². The van der Waals surface area contributed by atoms with Crippen molar-refractivity contribution in [2.45, 2.75) is 19.9 Å². The van der Waals surface area contributed by atoms with E-state index in [4.69, 9.17) is 16.3 Å². The zero-order valence-electron chi connectivity index (χ0n) is 10.7. The first kappa shape index (κ1) is 13.6. The van der Waals surface area contributed by atoms with Crippen LogP contribution >= 0.6 is 22.9 Å². The Bertz CT molecular complexity index is 527. The predicted octanol–water partition coefficient (Wildman–Crippen LogP) is 4.03. The first-order valence-corrected chi connectivity index (χ1v) is 7.16. The van der Waals surface area contributed by atoms with E-state index in [1.165, 1.54) is 0 Å². The van der Waals surface area contributed by atoms with Crippen LogP contribution in [0.25, 0.3) is 10.2 Å². The van der Waals surface area contributed by atoms with Gasteiger partial charge in [-0.25, -0.2) is 4.98 Å². The number of hydrogen-bond acceptors (Lipinski definition) is 4. The summed E-state index contributed by atoms with van der Waals surface area (Å²) in [6.45, 7) is 4.96. The van der Waals surface area contributed by atoms with Crippen LogP contribution in [0.4, 0.5) is 5.69 Å². The van der Waals surface area contributed by atoms with Gasteiger partial charge in [-0.3, -0.25) is 0 Å². The fraction of sp³-hybridized carbons (Fsp3) is 0.462. The average Bonchev–Trinajstić information content (AvgIpc) is 2.79. The molecule has 1 heterocycles. The molecule has 0 spiro atoms. The Kier molecular flexibility index (Phi) is 4.43. The number of ether oxygens (including phenoxy) is 1. The maximum absolute atomic E-state index is 6.27. The van der Waals surface area contributed by atoms with Gasteiger partial charge in [-0.05, 0) is 18.1 Å². The zero-order valence-corrected chi connectivity index (χ0v) is 12.3. The molecule has 0 saturated heterocycles. The van der Waals surface area contributed by atoms with Crippen molar-refractivity contribution in [1.29, 1.82) is 0 Å². The van der Waals surface area contributed by atoms with E-state index in [-0.39, 0.29) is 6.04 Å². The van der Waals surface area contributed by atoms with Crippen LogP contribution in [0.3, 0.4) is 0 Å². The molecular weight excluding hydrogens is 268 g/mol. The van der Waals surface area contributed by atoms with Gasteiger partial charge in [-0.2, -0.15) is 0 Å². The van der Waals surface area contributed by atoms with E-state index in [0.717, 1.165) is 15.9 Å². The highest BCUT2D eigenvalue weighted by atomic mass is 35.5. The summed E-state index contributed by atoms with van der Waals surface area (Å²) in [7, 11) is 1.71. The van der Waals surface area contributed by atoms with Crippen LogP contribution in [0.1, 0.15) is 13.8 Å². The lowest BCUT2D eigenvalue weighted by Gasteiger charge is -2.23. The van der Waals surface area contributed by atoms with Crippen LogP contribution in [0, 0.1) is 5.92 Å². The Morgan fingerprint density at radius 2 is 2.22 bits per heavy atom. The van der Waals surface area contributed by atoms with E-state index in [1.807, 2.05) is 17.6 Å². The van der Waals surface area contributed by atoms with Gasteiger partial charge in [0.15, 0.2) is 0 Å². The molecule has 1 N–H and O–H groups in total. The summed E-state index contributed by atoms with van der Waals surface area (Å²) in [6, 6.07) is 4.13. The second-order valence-corrected chi connectivity index (χ2v) is 5.87. The number of methoxy groups -OCH3 is 1. The number of benzene rings is 1. The van der Waals surface area contributed by atoms with Crippen LogP contribution in [-0.2, 0) is 4.74 Å². The molecule has 2 aromatic rings. The number of halogens is 1. The number of thiazole rings is 1. The second-order valence-electron chi connectivity index (χ2n) is 4.57. The van der Waals surface area contributed by atoms with Crippen LogP contribution in [-0.4, -0.2) is 24.7 Å². The Labute approximate surface area is 116 Å². The summed E-state index contributed by atoms with van der Waals surface area (Å²) >= 11 is 7.89. The maximum atomic E-state index is 6.27.